The first-order chi connectivity index (χ1) is 11.9. The second kappa shape index (κ2) is 8.71. The monoisotopic (exact) mass is 363 g/mol. The molecule has 1 aliphatic heterocycles. The lowest BCUT2D eigenvalue weighted by molar-refractivity contribution is -0.137. The van der Waals surface area contributed by atoms with Gasteiger partial charge in [-0.2, -0.15) is 0 Å². The van der Waals surface area contributed by atoms with Gasteiger partial charge in [-0.3, -0.25) is 4.79 Å². The summed E-state index contributed by atoms with van der Waals surface area (Å²) in [5.41, 5.74) is 2.33. The molecule has 0 spiro atoms. The van der Waals surface area contributed by atoms with E-state index in [-0.39, 0.29) is 31.4 Å². The third-order valence-electron chi connectivity index (χ3n) is 3.60. The molecular weight excluding hydrogens is 342 g/mol. The maximum Gasteiger partial charge on any atom is 0.338 e. The molecule has 0 aromatic heterocycles. The lowest BCUT2D eigenvalue weighted by Crippen LogP contribution is -2.29. The minimum atomic E-state index is -0.489. The van der Waals surface area contributed by atoms with Crippen LogP contribution in [0.1, 0.15) is 28.4 Å². The van der Waals surface area contributed by atoms with Crippen LogP contribution in [0.5, 0.6) is 0 Å². The number of hydrogen-bond acceptors (Lipinski definition) is 6. The normalized spacial score (nSPS) is 15.6. The van der Waals surface area contributed by atoms with E-state index in [1.54, 1.807) is 13.0 Å². The van der Waals surface area contributed by atoms with Gasteiger partial charge in [-0.25, -0.2) is 9.59 Å². The number of rotatable bonds is 6. The van der Waals surface area contributed by atoms with E-state index in [0.717, 1.165) is 11.1 Å². The van der Waals surface area contributed by atoms with Crippen LogP contribution < -0.4 is 0 Å². The molecule has 7 heteroatoms. The van der Waals surface area contributed by atoms with E-state index >= 15 is 0 Å². The third-order valence-corrected chi connectivity index (χ3v) is 4.62. The van der Waals surface area contributed by atoms with Crippen molar-refractivity contribution in [1.82, 2.24) is 4.90 Å². The summed E-state index contributed by atoms with van der Waals surface area (Å²) in [5.74, 6) is -0.771. The SMILES string of the molecule is CCOC(=O)/C=C1\SCC(=O)N1CCOC(=O)c1cc(C)ccc1C. The van der Waals surface area contributed by atoms with E-state index in [1.165, 1.54) is 22.7 Å². The second-order valence-electron chi connectivity index (χ2n) is 5.52. The predicted octanol–water partition coefficient (Wildman–Crippen LogP) is 2.44. The lowest BCUT2D eigenvalue weighted by Gasteiger charge is -2.17. The summed E-state index contributed by atoms with van der Waals surface area (Å²) in [6, 6.07) is 5.58. The maximum absolute atomic E-state index is 12.2. The number of ether oxygens (including phenoxy) is 2. The number of hydrogen-bond donors (Lipinski definition) is 0. The van der Waals surface area contributed by atoms with Crippen molar-refractivity contribution in [1.29, 1.82) is 0 Å². The van der Waals surface area contributed by atoms with Crippen LogP contribution in [-0.4, -0.2) is 48.3 Å². The molecule has 1 aromatic carbocycles. The fourth-order valence-electron chi connectivity index (χ4n) is 2.32. The summed E-state index contributed by atoms with van der Waals surface area (Å²) in [5, 5.41) is 0.520. The lowest BCUT2D eigenvalue weighted by atomic mass is 10.1. The number of carbonyl (C=O) groups is 3. The Bertz CT molecular complexity index is 713. The number of thioether (sulfide) groups is 1. The average Bonchev–Trinajstić information content (AvgIpc) is 2.90. The van der Waals surface area contributed by atoms with E-state index < -0.39 is 11.9 Å². The topological polar surface area (TPSA) is 72.9 Å². The molecule has 25 heavy (non-hydrogen) atoms. The minimum Gasteiger partial charge on any atom is -0.463 e. The zero-order valence-corrected chi connectivity index (χ0v) is 15.4. The Morgan fingerprint density at radius 1 is 1.28 bits per heavy atom. The molecule has 1 fully saturated rings. The molecule has 134 valence electrons. The summed E-state index contributed by atoms with van der Waals surface area (Å²) in [7, 11) is 0. The van der Waals surface area contributed by atoms with Gasteiger partial charge in [-0.05, 0) is 32.4 Å². The van der Waals surface area contributed by atoms with Gasteiger partial charge in [0, 0.05) is 0 Å². The van der Waals surface area contributed by atoms with Crippen LogP contribution in [-0.2, 0) is 19.1 Å². The quantitative estimate of drug-likeness (QED) is 0.571. The maximum atomic E-state index is 12.2. The fraction of sp³-hybridized carbons (Fsp3) is 0.389. The van der Waals surface area contributed by atoms with Gasteiger partial charge in [-0.15, -0.1) is 0 Å². The molecule has 0 saturated carbocycles. The Morgan fingerprint density at radius 2 is 2.04 bits per heavy atom. The molecule has 6 nitrogen and oxygen atoms in total. The molecule has 1 aliphatic rings. The van der Waals surface area contributed by atoms with Gasteiger partial charge in [0.2, 0.25) is 5.91 Å². The highest BCUT2D eigenvalue weighted by Crippen LogP contribution is 2.28. The molecule has 1 amide bonds. The highest BCUT2D eigenvalue weighted by molar-refractivity contribution is 8.04. The van der Waals surface area contributed by atoms with Crippen molar-refractivity contribution in [3.63, 3.8) is 0 Å². The van der Waals surface area contributed by atoms with Crippen LogP contribution in [0.25, 0.3) is 0 Å². The van der Waals surface area contributed by atoms with E-state index in [2.05, 4.69) is 0 Å². The summed E-state index contributed by atoms with van der Waals surface area (Å²) in [6.07, 6.45) is 1.30. The molecular formula is C18H21NO5S. The highest BCUT2D eigenvalue weighted by Gasteiger charge is 2.27. The number of nitrogens with zero attached hydrogens (tertiary/aromatic N) is 1. The molecule has 0 unspecified atom stereocenters. The Kier molecular flexibility index (Phi) is 6.64. The van der Waals surface area contributed by atoms with Crippen molar-refractivity contribution in [2.45, 2.75) is 20.8 Å². The van der Waals surface area contributed by atoms with E-state index in [4.69, 9.17) is 9.47 Å². The molecule has 1 saturated heterocycles. The van der Waals surface area contributed by atoms with Crippen LogP contribution in [0.15, 0.2) is 29.3 Å². The Balaban J connectivity index is 1.95. The van der Waals surface area contributed by atoms with Gasteiger partial charge in [-0.1, -0.05) is 29.5 Å². The average molecular weight is 363 g/mol. The summed E-state index contributed by atoms with van der Waals surface area (Å²) < 4.78 is 10.1. The standard InChI is InChI=1S/C18H21NO5S/c1-4-23-17(21)10-16-19(15(20)11-25-16)7-8-24-18(22)14-9-12(2)5-6-13(14)3/h5-6,9-10H,4,7-8,11H2,1-3H3/b16-10-. The summed E-state index contributed by atoms with van der Waals surface area (Å²) >= 11 is 1.27. The van der Waals surface area contributed by atoms with Crippen LogP contribution in [0, 0.1) is 13.8 Å². The zero-order chi connectivity index (χ0) is 18.4. The molecule has 2 rings (SSSR count). The fourth-order valence-corrected chi connectivity index (χ4v) is 3.27. The van der Waals surface area contributed by atoms with Crippen LogP contribution in [0.3, 0.4) is 0 Å². The molecule has 1 aromatic rings. The van der Waals surface area contributed by atoms with Gasteiger partial charge in [0.15, 0.2) is 0 Å². The third kappa shape index (κ3) is 5.09. The molecule has 0 N–H and O–H groups in total. The minimum absolute atomic E-state index is 0.0542. The van der Waals surface area contributed by atoms with Crippen molar-refractivity contribution < 1.29 is 23.9 Å². The smallest absolute Gasteiger partial charge is 0.338 e. The summed E-state index contributed by atoms with van der Waals surface area (Å²) in [6.45, 7) is 5.99. The van der Waals surface area contributed by atoms with Crippen molar-refractivity contribution >= 4 is 29.6 Å². The number of aryl methyl sites for hydroxylation is 2. The van der Waals surface area contributed by atoms with Crippen LogP contribution in [0.4, 0.5) is 0 Å². The Hall–Kier alpha value is -2.28. The Morgan fingerprint density at radius 3 is 2.76 bits per heavy atom. The predicted molar refractivity (Wildman–Crippen MR) is 95.1 cm³/mol. The van der Waals surface area contributed by atoms with Crippen molar-refractivity contribution in [3.8, 4) is 0 Å². The number of carbonyl (C=O) groups excluding carboxylic acids is 3. The first kappa shape index (κ1) is 19.1. The molecule has 1 heterocycles. The number of amides is 1. The Labute approximate surface area is 151 Å². The van der Waals surface area contributed by atoms with Gasteiger partial charge in [0.25, 0.3) is 0 Å². The highest BCUT2D eigenvalue weighted by atomic mass is 32.2. The first-order valence-corrected chi connectivity index (χ1v) is 8.97. The van der Waals surface area contributed by atoms with Gasteiger partial charge in [0.05, 0.1) is 35.6 Å². The van der Waals surface area contributed by atoms with E-state index in [0.29, 0.717) is 10.6 Å². The van der Waals surface area contributed by atoms with E-state index in [9.17, 15) is 14.4 Å². The van der Waals surface area contributed by atoms with Crippen molar-refractivity contribution in [2.24, 2.45) is 0 Å². The largest absolute Gasteiger partial charge is 0.463 e. The van der Waals surface area contributed by atoms with E-state index in [1.807, 2.05) is 26.0 Å². The molecule has 0 aliphatic carbocycles. The number of benzene rings is 1. The molecule has 0 radical (unpaired) electrons. The molecule has 0 atom stereocenters. The molecule has 0 bridgehead atoms. The van der Waals surface area contributed by atoms with Gasteiger partial charge < -0.3 is 14.4 Å². The van der Waals surface area contributed by atoms with Gasteiger partial charge >= 0.3 is 11.9 Å². The van der Waals surface area contributed by atoms with Crippen LogP contribution >= 0.6 is 11.8 Å². The van der Waals surface area contributed by atoms with Gasteiger partial charge in [0.1, 0.15) is 6.61 Å². The summed E-state index contributed by atoms with van der Waals surface area (Å²) in [4.78, 5) is 37.1. The van der Waals surface area contributed by atoms with Crippen molar-refractivity contribution in [2.75, 3.05) is 25.5 Å². The van der Waals surface area contributed by atoms with Crippen LogP contribution in [0.2, 0.25) is 0 Å². The zero-order valence-electron chi connectivity index (χ0n) is 14.5. The number of esters is 2. The second-order valence-corrected chi connectivity index (χ2v) is 6.52. The first-order valence-electron chi connectivity index (χ1n) is 7.98. The van der Waals surface area contributed by atoms with Crippen molar-refractivity contribution in [3.05, 3.63) is 46.0 Å².